The lowest BCUT2D eigenvalue weighted by molar-refractivity contribution is -0.141. The zero-order valence-corrected chi connectivity index (χ0v) is 16.2. The molecule has 0 bridgehead atoms. The van der Waals surface area contributed by atoms with Gasteiger partial charge in [-0.2, -0.15) is 5.10 Å². The van der Waals surface area contributed by atoms with Crippen molar-refractivity contribution < 1.29 is 22.7 Å². The van der Waals surface area contributed by atoms with E-state index in [0.29, 0.717) is 13.1 Å². The van der Waals surface area contributed by atoms with E-state index < -0.39 is 32.8 Å². The minimum atomic E-state index is -4.08. The highest BCUT2D eigenvalue weighted by Crippen LogP contribution is 2.33. The number of benzene rings is 1. The smallest absolute Gasteiger partial charge is 0.330 e. The maximum atomic E-state index is 13.1. The number of carbonyl (C=O) groups is 2. The summed E-state index contributed by atoms with van der Waals surface area (Å²) in [4.78, 5) is 26.5. The number of ether oxygens (including phenoxy) is 1. The van der Waals surface area contributed by atoms with E-state index in [1.54, 1.807) is 25.1 Å². The third kappa shape index (κ3) is 3.55. The van der Waals surface area contributed by atoms with Gasteiger partial charge >= 0.3 is 5.97 Å². The number of sulfone groups is 1. The van der Waals surface area contributed by atoms with Gasteiger partial charge in [-0.15, -0.1) is 0 Å². The lowest BCUT2D eigenvalue weighted by Crippen LogP contribution is -2.46. The molecule has 1 saturated heterocycles. The third-order valence-corrected chi connectivity index (χ3v) is 6.53. The molecule has 0 radical (unpaired) electrons. The molecule has 1 aromatic rings. The van der Waals surface area contributed by atoms with Crippen molar-refractivity contribution in [3.05, 3.63) is 24.3 Å². The number of para-hydroxylation sites is 1. The molecule has 0 N–H and O–H groups in total. The van der Waals surface area contributed by atoms with Crippen LogP contribution in [0, 0.1) is 0 Å². The van der Waals surface area contributed by atoms with E-state index in [2.05, 4.69) is 5.10 Å². The van der Waals surface area contributed by atoms with Crippen LogP contribution in [0.2, 0.25) is 0 Å². The molecule has 1 atom stereocenters. The van der Waals surface area contributed by atoms with E-state index in [1.165, 1.54) is 23.1 Å². The first-order chi connectivity index (χ1) is 12.9. The second kappa shape index (κ2) is 7.67. The van der Waals surface area contributed by atoms with Gasteiger partial charge in [-0.05, 0) is 31.9 Å². The normalized spacial score (nSPS) is 20.1. The van der Waals surface area contributed by atoms with Gasteiger partial charge in [0.1, 0.15) is 6.04 Å². The van der Waals surface area contributed by atoms with Crippen LogP contribution >= 0.6 is 0 Å². The standard InChI is InChI=1S/C18H23N3O5S/c1-13(18(23)26-2)21-14-9-5-6-10-15(14)27(24,25)16(19-21)17(22)20-11-7-3-4-8-12-20/h5-6,9-10,13H,3-4,7-8,11-12H2,1-2H3/t13-/m0/s1. The molecule has 2 aliphatic rings. The van der Waals surface area contributed by atoms with Crippen molar-refractivity contribution in [2.75, 3.05) is 25.2 Å². The van der Waals surface area contributed by atoms with E-state index in [9.17, 15) is 18.0 Å². The fourth-order valence-corrected chi connectivity index (χ4v) is 4.77. The first kappa shape index (κ1) is 19.3. The molecular weight excluding hydrogens is 370 g/mol. The number of hydrogen-bond donors (Lipinski definition) is 0. The number of anilines is 1. The van der Waals surface area contributed by atoms with E-state index in [4.69, 9.17) is 4.74 Å². The summed E-state index contributed by atoms with van der Waals surface area (Å²) < 4.78 is 30.9. The summed E-state index contributed by atoms with van der Waals surface area (Å²) in [6.45, 7) is 2.56. The van der Waals surface area contributed by atoms with Crippen molar-refractivity contribution in [3.8, 4) is 0 Å². The van der Waals surface area contributed by atoms with Crippen molar-refractivity contribution in [3.63, 3.8) is 0 Å². The number of nitrogens with zero attached hydrogens (tertiary/aromatic N) is 3. The van der Waals surface area contributed by atoms with Crippen LogP contribution in [0.3, 0.4) is 0 Å². The molecule has 1 amide bonds. The summed E-state index contributed by atoms with van der Waals surface area (Å²) >= 11 is 0. The van der Waals surface area contributed by atoms with E-state index in [-0.39, 0.29) is 10.6 Å². The Morgan fingerprint density at radius 3 is 2.37 bits per heavy atom. The van der Waals surface area contributed by atoms with Crippen molar-refractivity contribution in [2.24, 2.45) is 5.10 Å². The number of hydrazone groups is 1. The Morgan fingerprint density at radius 2 is 1.74 bits per heavy atom. The molecule has 27 heavy (non-hydrogen) atoms. The monoisotopic (exact) mass is 393 g/mol. The van der Waals surface area contributed by atoms with Gasteiger partial charge in [0.15, 0.2) is 0 Å². The molecule has 0 saturated carbocycles. The molecule has 1 fully saturated rings. The van der Waals surface area contributed by atoms with Gasteiger partial charge in [-0.3, -0.25) is 4.79 Å². The fourth-order valence-electron chi connectivity index (χ4n) is 3.32. The first-order valence-electron chi connectivity index (χ1n) is 8.97. The van der Waals surface area contributed by atoms with Gasteiger partial charge in [0.2, 0.25) is 14.9 Å². The molecule has 9 heteroatoms. The molecule has 0 aliphatic carbocycles. The van der Waals surface area contributed by atoms with Crippen LogP contribution < -0.4 is 5.01 Å². The van der Waals surface area contributed by atoms with E-state index in [0.717, 1.165) is 25.7 Å². The van der Waals surface area contributed by atoms with Gasteiger partial charge in [0.25, 0.3) is 5.91 Å². The highest BCUT2D eigenvalue weighted by molar-refractivity contribution is 8.08. The minimum Gasteiger partial charge on any atom is -0.467 e. The van der Waals surface area contributed by atoms with Gasteiger partial charge in [-0.1, -0.05) is 25.0 Å². The van der Waals surface area contributed by atoms with Crippen LogP contribution in [0.15, 0.2) is 34.3 Å². The molecule has 2 heterocycles. The predicted molar refractivity (Wildman–Crippen MR) is 100 cm³/mol. The number of amides is 1. The van der Waals surface area contributed by atoms with Crippen LogP contribution in [-0.2, 0) is 24.2 Å². The Balaban J connectivity index is 2.07. The maximum Gasteiger partial charge on any atom is 0.330 e. The minimum absolute atomic E-state index is 0.0334. The second-order valence-electron chi connectivity index (χ2n) is 6.63. The Morgan fingerprint density at radius 1 is 1.11 bits per heavy atom. The Bertz CT molecular complexity index is 873. The number of carbonyl (C=O) groups excluding carboxylic acids is 2. The van der Waals surface area contributed by atoms with Crippen LogP contribution in [0.4, 0.5) is 5.69 Å². The highest BCUT2D eigenvalue weighted by atomic mass is 32.2. The molecule has 0 spiro atoms. The summed E-state index contributed by atoms with van der Waals surface area (Å²) in [7, 11) is -2.83. The summed E-state index contributed by atoms with van der Waals surface area (Å²) in [6.07, 6.45) is 3.69. The predicted octanol–water partition coefficient (Wildman–Crippen LogP) is 1.56. The van der Waals surface area contributed by atoms with E-state index in [1.807, 2.05) is 0 Å². The Hall–Kier alpha value is -2.42. The number of rotatable bonds is 3. The van der Waals surface area contributed by atoms with Crippen molar-refractivity contribution in [1.82, 2.24) is 4.90 Å². The largest absolute Gasteiger partial charge is 0.467 e. The molecule has 3 rings (SSSR count). The molecule has 0 aromatic heterocycles. The van der Waals surface area contributed by atoms with Crippen LogP contribution in [-0.4, -0.2) is 56.5 Å². The zero-order valence-electron chi connectivity index (χ0n) is 15.4. The average molecular weight is 393 g/mol. The Labute approximate surface area is 158 Å². The van der Waals surface area contributed by atoms with Gasteiger partial charge < -0.3 is 9.64 Å². The van der Waals surface area contributed by atoms with Gasteiger partial charge in [0.05, 0.1) is 17.7 Å². The first-order valence-corrected chi connectivity index (χ1v) is 10.5. The number of fused-ring (bicyclic) bond motifs is 1. The fraction of sp³-hybridized carbons (Fsp3) is 0.500. The number of esters is 1. The quantitative estimate of drug-likeness (QED) is 0.723. The topological polar surface area (TPSA) is 96.3 Å². The molecular formula is C18H23N3O5S. The maximum absolute atomic E-state index is 13.1. The van der Waals surface area contributed by atoms with Crippen LogP contribution in [0.25, 0.3) is 0 Å². The Kier molecular flexibility index (Phi) is 5.50. The molecule has 146 valence electrons. The molecule has 8 nitrogen and oxygen atoms in total. The average Bonchev–Trinajstić information content (AvgIpc) is 2.96. The van der Waals surface area contributed by atoms with Crippen molar-refractivity contribution in [2.45, 2.75) is 43.5 Å². The number of hydrogen-bond acceptors (Lipinski definition) is 7. The molecule has 1 aromatic carbocycles. The second-order valence-corrected chi connectivity index (χ2v) is 8.46. The highest BCUT2D eigenvalue weighted by Gasteiger charge is 2.41. The number of methoxy groups -OCH3 is 1. The summed E-state index contributed by atoms with van der Waals surface area (Å²) in [6, 6.07) is 5.34. The number of likely N-dealkylation sites (tertiary alicyclic amines) is 1. The van der Waals surface area contributed by atoms with Crippen LogP contribution in [0.1, 0.15) is 32.6 Å². The summed E-state index contributed by atoms with van der Waals surface area (Å²) in [5.41, 5.74) is 0.253. The zero-order chi connectivity index (χ0) is 19.6. The van der Waals surface area contributed by atoms with E-state index >= 15 is 0 Å². The van der Waals surface area contributed by atoms with Crippen molar-refractivity contribution >= 4 is 32.4 Å². The molecule has 0 unspecified atom stereocenters. The molecule has 2 aliphatic heterocycles. The van der Waals surface area contributed by atoms with Gasteiger partial charge in [-0.25, -0.2) is 18.2 Å². The van der Waals surface area contributed by atoms with Crippen LogP contribution in [0.5, 0.6) is 0 Å². The van der Waals surface area contributed by atoms with Crippen molar-refractivity contribution in [1.29, 1.82) is 0 Å². The van der Waals surface area contributed by atoms with Gasteiger partial charge in [0, 0.05) is 13.1 Å². The lowest BCUT2D eigenvalue weighted by atomic mass is 10.2. The lowest BCUT2D eigenvalue weighted by Gasteiger charge is -2.31. The SMILES string of the molecule is COC(=O)[C@H](C)N1N=C(C(=O)N2CCCCCC2)S(=O)(=O)c2ccccc21. The third-order valence-electron chi connectivity index (χ3n) is 4.84. The summed E-state index contributed by atoms with van der Waals surface area (Å²) in [5, 5.41) is 4.84. The summed E-state index contributed by atoms with van der Waals surface area (Å²) in [5.74, 6) is -1.19.